The third-order valence-electron chi connectivity index (χ3n) is 6.84. The fraction of sp³-hybridized carbons (Fsp3) is 0.308. The highest BCUT2D eigenvalue weighted by Crippen LogP contribution is 2.31. The number of aliphatic hydroxyl groups is 1. The number of imidazole rings is 1. The second-order valence-corrected chi connectivity index (χ2v) is 9.13. The molecule has 5 rings (SSSR count). The zero-order chi connectivity index (χ0) is 22.9. The summed E-state index contributed by atoms with van der Waals surface area (Å²) in [5, 5.41) is 20.2. The van der Waals surface area contributed by atoms with Crippen molar-refractivity contribution >= 4 is 34.1 Å². The van der Waals surface area contributed by atoms with E-state index in [2.05, 4.69) is 38.6 Å². The summed E-state index contributed by atoms with van der Waals surface area (Å²) < 4.78 is 2.23. The van der Waals surface area contributed by atoms with Crippen LogP contribution in [0.3, 0.4) is 0 Å². The Hall–Kier alpha value is -3.11. The number of hydrogen-bond acceptors (Lipinski definition) is 3. The third-order valence-corrected chi connectivity index (χ3v) is 7.21. The molecule has 1 saturated heterocycles. The van der Waals surface area contributed by atoms with Crippen LogP contribution in [0.2, 0.25) is 5.02 Å². The van der Waals surface area contributed by atoms with Gasteiger partial charge in [-0.05, 0) is 36.2 Å². The minimum atomic E-state index is 0.213. The molecule has 2 aromatic carbocycles. The van der Waals surface area contributed by atoms with Gasteiger partial charge >= 0.3 is 0 Å². The van der Waals surface area contributed by atoms with E-state index < -0.39 is 0 Å². The molecule has 0 aliphatic carbocycles. The Morgan fingerprint density at radius 1 is 1.15 bits per heavy atom. The van der Waals surface area contributed by atoms with Gasteiger partial charge in [-0.2, -0.15) is 9.66 Å². The van der Waals surface area contributed by atoms with Crippen molar-refractivity contribution in [2.45, 2.75) is 13.3 Å². The number of piperazine rings is 1. The van der Waals surface area contributed by atoms with Crippen molar-refractivity contribution in [2.24, 2.45) is 0 Å². The van der Waals surface area contributed by atoms with E-state index in [-0.39, 0.29) is 6.61 Å². The highest BCUT2D eigenvalue weighted by Gasteiger charge is 2.33. The van der Waals surface area contributed by atoms with Crippen LogP contribution in [0.1, 0.15) is 22.3 Å². The van der Waals surface area contributed by atoms with Crippen molar-refractivity contribution in [1.29, 1.82) is 5.26 Å². The summed E-state index contributed by atoms with van der Waals surface area (Å²) in [5.41, 5.74) is 6.74. The Balaban J connectivity index is 1.76. The fourth-order valence-corrected chi connectivity index (χ4v) is 5.26. The maximum Gasteiger partial charge on any atom is 0.250 e. The number of quaternary nitrogens is 1. The number of fused-ring (bicyclic) bond motifs is 3. The van der Waals surface area contributed by atoms with Crippen LogP contribution in [-0.4, -0.2) is 49.4 Å². The van der Waals surface area contributed by atoms with Crippen molar-refractivity contribution in [2.75, 3.05) is 44.2 Å². The molecule has 4 aromatic rings. The third kappa shape index (κ3) is 3.83. The maximum atomic E-state index is 10.1. The first-order chi connectivity index (χ1) is 16.1. The van der Waals surface area contributed by atoms with Crippen molar-refractivity contribution in [3.05, 3.63) is 75.8 Å². The number of pyridine rings is 1. The average molecular weight is 462 g/mol. The average Bonchev–Trinajstić information content (AvgIpc) is 3.21. The zero-order valence-corrected chi connectivity index (χ0v) is 19.5. The molecule has 3 heterocycles. The van der Waals surface area contributed by atoms with Gasteiger partial charge in [0.25, 0.3) is 0 Å². The number of nitrogens with zero attached hydrogens (tertiary/aromatic N) is 3. The van der Waals surface area contributed by atoms with E-state index in [0.717, 1.165) is 76.9 Å². The Morgan fingerprint density at radius 2 is 1.88 bits per heavy atom. The number of hydrogen-bond donors (Lipinski definition) is 3. The van der Waals surface area contributed by atoms with E-state index in [9.17, 15) is 10.4 Å². The van der Waals surface area contributed by atoms with Crippen LogP contribution >= 0.6 is 11.6 Å². The van der Waals surface area contributed by atoms with Gasteiger partial charge in [0.2, 0.25) is 11.5 Å². The largest absolute Gasteiger partial charge is 0.391 e. The molecule has 3 N–H and O–H groups in total. The molecule has 1 aliphatic heterocycles. The van der Waals surface area contributed by atoms with E-state index in [1.165, 1.54) is 4.90 Å². The fourth-order valence-electron chi connectivity index (χ4n) is 5.06. The summed E-state index contributed by atoms with van der Waals surface area (Å²) in [7, 11) is 0. The monoisotopic (exact) mass is 461 g/mol. The highest BCUT2D eigenvalue weighted by atomic mass is 35.5. The van der Waals surface area contributed by atoms with Gasteiger partial charge in [0.05, 0.1) is 6.61 Å². The summed E-state index contributed by atoms with van der Waals surface area (Å²) in [5.74, 6) is 1.13. The number of nitrogens with one attached hydrogen (secondary N) is 2. The standard InChI is InChI=1S/C26H26ClN5O/c1-18-20(16-19-6-2-3-7-22(19)27)26(31-12-10-30(11-13-31)14-15-33)32-24-9-5-4-8-23(24)29-25(32)21(18)17-28/h2-9,33H,10-16H2,1H3/p+2. The summed E-state index contributed by atoms with van der Waals surface area (Å²) in [6.45, 7) is 6.75. The number of rotatable bonds is 5. The van der Waals surface area contributed by atoms with Crippen LogP contribution < -0.4 is 14.2 Å². The predicted octanol–water partition coefficient (Wildman–Crippen LogP) is 2.03. The van der Waals surface area contributed by atoms with Gasteiger partial charge in [-0.3, -0.25) is 9.88 Å². The molecule has 6 nitrogen and oxygen atoms in total. The van der Waals surface area contributed by atoms with Gasteiger partial charge < -0.3 is 10.0 Å². The molecule has 1 fully saturated rings. The van der Waals surface area contributed by atoms with Gasteiger partial charge in [-0.1, -0.05) is 41.9 Å². The lowest BCUT2D eigenvalue weighted by atomic mass is 9.97. The molecule has 0 unspecified atom stereocenters. The number of nitriles is 1. The van der Waals surface area contributed by atoms with Gasteiger partial charge in [0.15, 0.2) is 0 Å². The highest BCUT2D eigenvalue weighted by molar-refractivity contribution is 6.31. The first kappa shape index (κ1) is 21.7. The zero-order valence-electron chi connectivity index (χ0n) is 18.7. The number of halogens is 1. The molecule has 168 valence electrons. The summed E-state index contributed by atoms with van der Waals surface area (Å²) >= 11 is 6.57. The number of benzene rings is 2. The molecular weight excluding hydrogens is 434 g/mol. The number of aromatic amines is 1. The lowest BCUT2D eigenvalue weighted by Gasteiger charge is -2.31. The quantitative estimate of drug-likeness (QED) is 0.398. The first-order valence-corrected chi connectivity index (χ1v) is 11.8. The second kappa shape index (κ2) is 9.03. The molecular formula is C26H28ClN5O+2. The molecule has 0 atom stereocenters. The van der Waals surface area contributed by atoms with E-state index in [1.807, 2.05) is 37.3 Å². The molecule has 0 radical (unpaired) electrons. The summed E-state index contributed by atoms with van der Waals surface area (Å²) in [6, 6.07) is 18.6. The second-order valence-electron chi connectivity index (χ2n) is 8.72. The van der Waals surface area contributed by atoms with Crippen molar-refractivity contribution < 1.29 is 14.4 Å². The Labute approximate surface area is 198 Å². The van der Waals surface area contributed by atoms with Crippen LogP contribution in [0.25, 0.3) is 16.7 Å². The maximum absolute atomic E-state index is 10.1. The van der Waals surface area contributed by atoms with Gasteiger partial charge in [-0.25, -0.2) is 0 Å². The minimum Gasteiger partial charge on any atom is -0.391 e. The van der Waals surface area contributed by atoms with Gasteiger partial charge in [0.1, 0.15) is 55.4 Å². The lowest BCUT2D eigenvalue weighted by Crippen LogP contribution is -3.15. The Kier molecular flexibility index (Phi) is 5.94. The van der Waals surface area contributed by atoms with E-state index in [1.54, 1.807) is 0 Å². The van der Waals surface area contributed by atoms with Crippen LogP contribution in [-0.2, 0) is 6.42 Å². The number of para-hydroxylation sites is 2. The van der Waals surface area contributed by atoms with Crippen LogP contribution in [0.5, 0.6) is 0 Å². The topological polar surface area (TPSA) is 71.6 Å². The van der Waals surface area contributed by atoms with Gasteiger partial charge in [-0.15, -0.1) is 0 Å². The number of H-pyrrole nitrogens is 1. The van der Waals surface area contributed by atoms with Crippen molar-refractivity contribution in [1.82, 2.24) is 4.98 Å². The first-order valence-electron chi connectivity index (χ1n) is 11.4. The minimum absolute atomic E-state index is 0.213. The van der Waals surface area contributed by atoms with E-state index in [0.29, 0.717) is 12.0 Å². The predicted molar refractivity (Wildman–Crippen MR) is 130 cm³/mol. The smallest absolute Gasteiger partial charge is 0.250 e. The normalized spacial score (nSPS) is 14.8. The molecule has 1 aliphatic rings. The molecule has 2 aromatic heterocycles. The molecule has 7 heteroatoms. The SMILES string of the molecule is Cc1c(Cc2ccccc2Cl)c(N2CC[NH+](CCO)CC2)[n+]2c([nH]c3ccccc32)c1C#N. The summed E-state index contributed by atoms with van der Waals surface area (Å²) in [4.78, 5) is 7.36. The molecule has 0 bridgehead atoms. The van der Waals surface area contributed by atoms with Crippen LogP contribution in [0.15, 0.2) is 48.5 Å². The van der Waals surface area contributed by atoms with Gasteiger partial charge in [0, 0.05) is 17.0 Å². The van der Waals surface area contributed by atoms with Crippen LogP contribution in [0.4, 0.5) is 5.82 Å². The van der Waals surface area contributed by atoms with Crippen molar-refractivity contribution in [3.63, 3.8) is 0 Å². The molecule has 0 saturated carbocycles. The number of aliphatic hydroxyl groups excluding tert-OH is 1. The molecule has 0 amide bonds. The Bertz CT molecular complexity index is 1360. The van der Waals surface area contributed by atoms with E-state index >= 15 is 0 Å². The lowest BCUT2D eigenvalue weighted by molar-refractivity contribution is -0.901. The summed E-state index contributed by atoms with van der Waals surface area (Å²) in [6.07, 6.45) is 0.654. The molecule has 33 heavy (non-hydrogen) atoms. The number of aromatic nitrogens is 2. The van der Waals surface area contributed by atoms with E-state index in [4.69, 9.17) is 11.6 Å². The van der Waals surface area contributed by atoms with Crippen LogP contribution in [0, 0.1) is 18.3 Å². The molecule has 0 spiro atoms. The number of anilines is 1. The Morgan fingerprint density at radius 3 is 2.61 bits per heavy atom. The van der Waals surface area contributed by atoms with Crippen molar-refractivity contribution in [3.8, 4) is 6.07 Å².